The molecular weight excluding hydrogens is 302 g/mol. The molecule has 1 aromatic carbocycles. The van der Waals surface area contributed by atoms with Crippen molar-refractivity contribution in [3.63, 3.8) is 0 Å². The molecule has 0 amide bonds. The molecule has 1 N–H and O–H groups in total. The summed E-state index contributed by atoms with van der Waals surface area (Å²) in [5.74, 6) is 0.907. The second kappa shape index (κ2) is 5.78. The highest BCUT2D eigenvalue weighted by atomic mass is 79.9. The quantitative estimate of drug-likeness (QED) is 0.873. The SMILES string of the molecule is CCc1cc(Br)ccc1Nc1nc(C)cn1C(C)C. The van der Waals surface area contributed by atoms with E-state index in [9.17, 15) is 0 Å². The number of halogens is 1. The number of aryl methyl sites for hydroxylation is 2. The molecule has 102 valence electrons. The zero-order valence-electron chi connectivity index (χ0n) is 11.9. The third kappa shape index (κ3) is 3.18. The average Bonchev–Trinajstić information content (AvgIpc) is 2.72. The molecule has 0 saturated carbocycles. The van der Waals surface area contributed by atoms with Gasteiger partial charge in [0.05, 0.1) is 5.69 Å². The number of nitrogens with zero attached hydrogens (tertiary/aromatic N) is 2. The molecule has 1 heterocycles. The van der Waals surface area contributed by atoms with E-state index in [4.69, 9.17) is 0 Å². The Kier molecular flexibility index (Phi) is 4.30. The number of aromatic nitrogens is 2. The zero-order chi connectivity index (χ0) is 14.0. The van der Waals surface area contributed by atoms with Gasteiger partial charge in [0.2, 0.25) is 5.95 Å². The Morgan fingerprint density at radius 2 is 2.11 bits per heavy atom. The van der Waals surface area contributed by atoms with Gasteiger partial charge in [0.1, 0.15) is 0 Å². The van der Waals surface area contributed by atoms with Crippen LogP contribution in [0.2, 0.25) is 0 Å². The first-order valence-electron chi connectivity index (χ1n) is 6.62. The molecule has 2 rings (SSSR count). The largest absolute Gasteiger partial charge is 0.325 e. The molecule has 0 aliphatic heterocycles. The molecule has 3 nitrogen and oxygen atoms in total. The van der Waals surface area contributed by atoms with Crippen molar-refractivity contribution in [1.29, 1.82) is 0 Å². The summed E-state index contributed by atoms with van der Waals surface area (Å²) >= 11 is 3.52. The second-order valence-corrected chi connectivity index (χ2v) is 5.90. The molecular formula is C15H20BrN3. The molecule has 0 unspecified atom stereocenters. The van der Waals surface area contributed by atoms with Crippen LogP contribution >= 0.6 is 15.9 Å². The maximum Gasteiger partial charge on any atom is 0.207 e. The summed E-state index contributed by atoms with van der Waals surface area (Å²) in [5.41, 5.74) is 3.44. The van der Waals surface area contributed by atoms with Crippen molar-refractivity contribution in [3.8, 4) is 0 Å². The fourth-order valence-electron chi connectivity index (χ4n) is 2.10. The minimum atomic E-state index is 0.393. The predicted molar refractivity (Wildman–Crippen MR) is 84.2 cm³/mol. The van der Waals surface area contributed by atoms with E-state index >= 15 is 0 Å². The van der Waals surface area contributed by atoms with Crippen LogP contribution in [0.15, 0.2) is 28.9 Å². The highest BCUT2D eigenvalue weighted by Gasteiger charge is 2.10. The molecule has 2 aromatic rings. The topological polar surface area (TPSA) is 29.9 Å². The molecule has 0 bridgehead atoms. The first kappa shape index (κ1) is 14.1. The predicted octanol–water partition coefficient (Wildman–Crippen LogP) is 4.84. The van der Waals surface area contributed by atoms with E-state index in [1.54, 1.807) is 0 Å². The summed E-state index contributed by atoms with van der Waals surface area (Å²) in [7, 11) is 0. The van der Waals surface area contributed by atoms with Gasteiger partial charge in [-0.15, -0.1) is 0 Å². The van der Waals surface area contributed by atoms with Crippen molar-refractivity contribution in [2.24, 2.45) is 0 Å². The molecule has 0 atom stereocenters. The van der Waals surface area contributed by atoms with Gasteiger partial charge in [-0.2, -0.15) is 0 Å². The minimum Gasteiger partial charge on any atom is -0.325 e. The van der Waals surface area contributed by atoms with Crippen LogP contribution in [0.25, 0.3) is 0 Å². The number of hydrogen-bond donors (Lipinski definition) is 1. The fourth-order valence-corrected chi connectivity index (χ4v) is 2.51. The van der Waals surface area contributed by atoms with E-state index in [-0.39, 0.29) is 0 Å². The first-order valence-corrected chi connectivity index (χ1v) is 7.41. The number of rotatable bonds is 4. The summed E-state index contributed by atoms with van der Waals surface area (Å²) in [4.78, 5) is 4.57. The van der Waals surface area contributed by atoms with Gasteiger partial charge in [-0.3, -0.25) is 0 Å². The van der Waals surface area contributed by atoms with E-state index in [2.05, 4.69) is 76.0 Å². The van der Waals surface area contributed by atoms with Crippen molar-refractivity contribution in [3.05, 3.63) is 40.1 Å². The Labute approximate surface area is 123 Å². The lowest BCUT2D eigenvalue weighted by Crippen LogP contribution is -2.06. The van der Waals surface area contributed by atoms with Crippen LogP contribution in [-0.4, -0.2) is 9.55 Å². The van der Waals surface area contributed by atoms with E-state index in [1.165, 1.54) is 5.56 Å². The Morgan fingerprint density at radius 1 is 1.37 bits per heavy atom. The highest BCUT2D eigenvalue weighted by molar-refractivity contribution is 9.10. The van der Waals surface area contributed by atoms with Gasteiger partial charge < -0.3 is 9.88 Å². The summed E-state index contributed by atoms with van der Waals surface area (Å²) < 4.78 is 3.27. The third-order valence-corrected chi connectivity index (χ3v) is 3.60. The number of anilines is 2. The lowest BCUT2D eigenvalue weighted by atomic mass is 10.1. The molecule has 1 aromatic heterocycles. The molecule has 0 aliphatic carbocycles. The van der Waals surface area contributed by atoms with E-state index < -0.39 is 0 Å². The van der Waals surface area contributed by atoms with Crippen molar-refractivity contribution >= 4 is 27.6 Å². The number of nitrogens with one attached hydrogen (secondary N) is 1. The smallest absolute Gasteiger partial charge is 0.207 e. The minimum absolute atomic E-state index is 0.393. The average molecular weight is 322 g/mol. The lowest BCUT2D eigenvalue weighted by Gasteiger charge is -2.15. The number of hydrogen-bond acceptors (Lipinski definition) is 2. The lowest BCUT2D eigenvalue weighted by molar-refractivity contribution is 0.607. The van der Waals surface area contributed by atoms with Crippen LogP contribution in [0.5, 0.6) is 0 Å². The Bertz CT molecular complexity index is 573. The second-order valence-electron chi connectivity index (χ2n) is 4.99. The molecule has 0 fully saturated rings. The van der Waals surface area contributed by atoms with E-state index in [0.717, 1.165) is 28.2 Å². The van der Waals surface area contributed by atoms with Crippen LogP contribution in [-0.2, 0) is 6.42 Å². The highest BCUT2D eigenvalue weighted by Crippen LogP contribution is 2.26. The Balaban J connectivity index is 2.36. The maximum absolute atomic E-state index is 4.57. The summed E-state index contributed by atoms with van der Waals surface area (Å²) in [6.07, 6.45) is 3.07. The van der Waals surface area contributed by atoms with E-state index in [0.29, 0.717) is 6.04 Å². The van der Waals surface area contributed by atoms with Gasteiger partial charge in [-0.25, -0.2) is 4.98 Å². The van der Waals surface area contributed by atoms with Gasteiger partial charge >= 0.3 is 0 Å². The van der Waals surface area contributed by atoms with Gasteiger partial charge in [0.25, 0.3) is 0 Å². The van der Waals surface area contributed by atoms with Crippen LogP contribution < -0.4 is 5.32 Å². The van der Waals surface area contributed by atoms with Crippen LogP contribution in [0, 0.1) is 6.92 Å². The van der Waals surface area contributed by atoms with Gasteiger partial charge in [-0.1, -0.05) is 22.9 Å². The van der Waals surface area contributed by atoms with E-state index in [1.807, 2.05) is 6.92 Å². The van der Waals surface area contributed by atoms with Crippen LogP contribution in [0.4, 0.5) is 11.6 Å². The zero-order valence-corrected chi connectivity index (χ0v) is 13.5. The molecule has 19 heavy (non-hydrogen) atoms. The van der Waals surface area contributed by atoms with Gasteiger partial charge in [0.15, 0.2) is 0 Å². The molecule has 0 aliphatic rings. The maximum atomic E-state index is 4.57. The van der Waals surface area contributed by atoms with Crippen molar-refractivity contribution < 1.29 is 0 Å². The van der Waals surface area contributed by atoms with Crippen molar-refractivity contribution in [1.82, 2.24) is 9.55 Å². The monoisotopic (exact) mass is 321 g/mol. The van der Waals surface area contributed by atoms with Gasteiger partial charge in [0, 0.05) is 22.4 Å². The Morgan fingerprint density at radius 3 is 2.74 bits per heavy atom. The summed E-state index contributed by atoms with van der Waals surface area (Å²) in [6, 6.07) is 6.69. The van der Waals surface area contributed by atoms with Gasteiger partial charge in [-0.05, 0) is 51.0 Å². The summed E-state index contributed by atoms with van der Waals surface area (Å²) in [5, 5.41) is 3.45. The number of imidazole rings is 1. The first-order chi connectivity index (χ1) is 9.01. The molecule has 0 spiro atoms. The molecule has 0 saturated heterocycles. The summed E-state index contributed by atoms with van der Waals surface area (Å²) in [6.45, 7) is 8.50. The molecule has 4 heteroatoms. The standard InChI is InChI=1S/C15H20BrN3/c1-5-12-8-13(16)6-7-14(12)18-15-17-11(4)9-19(15)10(2)3/h6-10H,5H2,1-4H3,(H,17,18). The molecule has 0 radical (unpaired) electrons. The number of benzene rings is 1. The van der Waals surface area contributed by atoms with Crippen molar-refractivity contribution in [2.75, 3.05) is 5.32 Å². The van der Waals surface area contributed by atoms with Crippen molar-refractivity contribution in [2.45, 2.75) is 40.2 Å². The normalized spacial score (nSPS) is 11.1. The van der Waals surface area contributed by atoms with Crippen LogP contribution in [0.1, 0.15) is 38.1 Å². The van der Waals surface area contributed by atoms with Crippen LogP contribution in [0.3, 0.4) is 0 Å². The Hall–Kier alpha value is -1.29. The third-order valence-electron chi connectivity index (χ3n) is 3.10. The fraction of sp³-hybridized carbons (Fsp3) is 0.400.